The van der Waals surface area contributed by atoms with Crippen molar-refractivity contribution in [1.29, 1.82) is 0 Å². The Kier molecular flexibility index (Phi) is 9.22. The Morgan fingerprint density at radius 3 is 2.28 bits per heavy atom. The van der Waals surface area contributed by atoms with Crippen LogP contribution < -0.4 is 21.5 Å². The topological polar surface area (TPSA) is 146 Å². The van der Waals surface area contributed by atoms with Gasteiger partial charge in [0, 0.05) is 6.54 Å². The standard InChI is InChI=1S/C23H28N4O5/c1-3-4-13-26-21(29)15(2)31-20(28)14-16-5-11-19(12-6-16)32-22(30)17-7-9-18(10-8-17)27-23(24)25/h5-12,15H,3-4,13-14H2,1-2H3,(H,26,29)(H4,24,25,27). The van der Waals surface area contributed by atoms with Crippen LogP contribution in [0.2, 0.25) is 0 Å². The van der Waals surface area contributed by atoms with Crippen molar-refractivity contribution in [1.82, 2.24) is 5.32 Å². The highest BCUT2D eigenvalue weighted by Crippen LogP contribution is 2.17. The van der Waals surface area contributed by atoms with Gasteiger partial charge >= 0.3 is 11.9 Å². The van der Waals surface area contributed by atoms with Crippen LogP contribution >= 0.6 is 0 Å². The SMILES string of the molecule is CCCCNC(=O)C(C)OC(=O)Cc1ccc(OC(=O)c2ccc(N=C(N)N)cc2)cc1. The van der Waals surface area contributed by atoms with E-state index in [1.54, 1.807) is 48.5 Å². The van der Waals surface area contributed by atoms with Crippen LogP contribution in [-0.4, -0.2) is 36.5 Å². The van der Waals surface area contributed by atoms with E-state index in [9.17, 15) is 14.4 Å². The van der Waals surface area contributed by atoms with E-state index in [1.807, 2.05) is 6.92 Å². The van der Waals surface area contributed by atoms with E-state index >= 15 is 0 Å². The molecule has 0 aromatic heterocycles. The predicted molar refractivity (Wildman–Crippen MR) is 120 cm³/mol. The summed E-state index contributed by atoms with van der Waals surface area (Å²) in [5.74, 6) is -1.14. The average Bonchev–Trinajstić information content (AvgIpc) is 2.75. The Labute approximate surface area is 186 Å². The fourth-order valence-electron chi connectivity index (χ4n) is 2.65. The zero-order valence-electron chi connectivity index (χ0n) is 18.2. The minimum absolute atomic E-state index is 0.00688. The van der Waals surface area contributed by atoms with E-state index in [0.717, 1.165) is 12.8 Å². The molecule has 2 aromatic rings. The number of nitrogens with two attached hydrogens (primary N) is 2. The molecular formula is C23H28N4O5. The van der Waals surface area contributed by atoms with E-state index in [0.29, 0.717) is 29.1 Å². The van der Waals surface area contributed by atoms with Gasteiger partial charge in [0.2, 0.25) is 0 Å². The molecule has 0 saturated carbocycles. The van der Waals surface area contributed by atoms with Gasteiger partial charge in [-0.2, -0.15) is 0 Å². The molecule has 0 bridgehead atoms. The number of ether oxygens (including phenoxy) is 2. The number of nitrogens with one attached hydrogen (secondary N) is 1. The second-order valence-corrected chi connectivity index (χ2v) is 7.07. The number of nitrogens with zero attached hydrogens (tertiary/aromatic N) is 1. The van der Waals surface area contributed by atoms with Crippen LogP contribution in [0, 0.1) is 0 Å². The highest BCUT2D eigenvalue weighted by molar-refractivity contribution is 5.91. The Morgan fingerprint density at radius 2 is 1.69 bits per heavy atom. The molecule has 0 radical (unpaired) electrons. The zero-order chi connectivity index (χ0) is 23.5. The van der Waals surface area contributed by atoms with Gasteiger partial charge in [-0.1, -0.05) is 25.5 Å². The first-order valence-corrected chi connectivity index (χ1v) is 10.3. The van der Waals surface area contributed by atoms with Crippen molar-refractivity contribution in [3.8, 4) is 5.75 Å². The Morgan fingerprint density at radius 1 is 1.03 bits per heavy atom. The summed E-state index contributed by atoms with van der Waals surface area (Å²) < 4.78 is 10.5. The number of amides is 1. The fraction of sp³-hybridized carbons (Fsp3) is 0.304. The van der Waals surface area contributed by atoms with Crippen molar-refractivity contribution in [3.63, 3.8) is 0 Å². The summed E-state index contributed by atoms with van der Waals surface area (Å²) in [6.07, 6.45) is 0.962. The third kappa shape index (κ3) is 8.10. The number of esters is 2. The number of aliphatic imine (C=N–C) groups is 1. The minimum atomic E-state index is -0.863. The van der Waals surface area contributed by atoms with Gasteiger partial charge in [0.1, 0.15) is 5.75 Å². The Balaban J connectivity index is 1.86. The molecule has 0 fully saturated rings. The number of hydrogen-bond donors (Lipinski definition) is 3. The molecule has 170 valence electrons. The second kappa shape index (κ2) is 12.1. The minimum Gasteiger partial charge on any atom is -0.452 e. The van der Waals surface area contributed by atoms with Crippen LogP contribution in [0.1, 0.15) is 42.6 Å². The number of unbranched alkanes of at least 4 members (excludes halogenated alkanes) is 1. The highest BCUT2D eigenvalue weighted by Gasteiger charge is 2.17. The lowest BCUT2D eigenvalue weighted by atomic mass is 10.1. The van der Waals surface area contributed by atoms with Crippen LogP contribution in [-0.2, 0) is 20.7 Å². The van der Waals surface area contributed by atoms with E-state index in [2.05, 4.69) is 10.3 Å². The monoisotopic (exact) mass is 440 g/mol. The maximum absolute atomic E-state index is 12.3. The molecule has 2 aromatic carbocycles. The van der Waals surface area contributed by atoms with Crippen LogP contribution in [0.25, 0.3) is 0 Å². The molecule has 0 spiro atoms. The average molecular weight is 441 g/mol. The molecule has 0 aliphatic heterocycles. The highest BCUT2D eigenvalue weighted by atomic mass is 16.5. The van der Waals surface area contributed by atoms with E-state index < -0.39 is 18.0 Å². The molecule has 1 atom stereocenters. The number of carbonyl (C=O) groups is 3. The molecule has 5 N–H and O–H groups in total. The lowest BCUT2D eigenvalue weighted by Gasteiger charge is -2.13. The molecule has 32 heavy (non-hydrogen) atoms. The number of benzene rings is 2. The van der Waals surface area contributed by atoms with Crippen molar-refractivity contribution in [2.75, 3.05) is 6.54 Å². The number of hydrogen-bond acceptors (Lipinski definition) is 6. The largest absolute Gasteiger partial charge is 0.452 e. The zero-order valence-corrected chi connectivity index (χ0v) is 18.2. The van der Waals surface area contributed by atoms with Gasteiger partial charge in [-0.3, -0.25) is 9.59 Å². The first-order chi connectivity index (χ1) is 15.3. The number of carbonyl (C=O) groups excluding carboxylic acids is 3. The maximum Gasteiger partial charge on any atom is 0.343 e. The van der Waals surface area contributed by atoms with Gasteiger partial charge in [-0.15, -0.1) is 0 Å². The summed E-state index contributed by atoms with van der Waals surface area (Å²) in [7, 11) is 0. The Bertz CT molecular complexity index is 951. The van der Waals surface area contributed by atoms with Gasteiger partial charge in [0.25, 0.3) is 5.91 Å². The Hall–Kier alpha value is -3.88. The number of guanidine groups is 1. The first kappa shape index (κ1) is 24.4. The van der Waals surface area contributed by atoms with E-state index in [-0.39, 0.29) is 18.3 Å². The van der Waals surface area contributed by atoms with Crippen molar-refractivity contribution in [3.05, 3.63) is 59.7 Å². The van der Waals surface area contributed by atoms with Gasteiger partial charge in [-0.05, 0) is 55.3 Å². The van der Waals surface area contributed by atoms with Crippen LogP contribution in [0.5, 0.6) is 5.75 Å². The van der Waals surface area contributed by atoms with E-state index in [1.165, 1.54) is 6.92 Å². The van der Waals surface area contributed by atoms with Gasteiger partial charge in [-0.25, -0.2) is 9.79 Å². The van der Waals surface area contributed by atoms with Crippen LogP contribution in [0.15, 0.2) is 53.5 Å². The summed E-state index contributed by atoms with van der Waals surface area (Å²) in [4.78, 5) is 40.1. The molecule has 0 saturated heterocycles. The summed E-state index contributed by atoms with van der Waals surface area (Å²) in [6, 6.07) is 12.7. The lowest BCUT2D eigenvalue weighted by molar-refractivity contribution is -0.154. The van der Waals surface area contributed by atoms with Gasteiger partial charge in [0.15, 0.2) is 12.1 Å². The van der Waals surface area contributed by atoms with Crippen molar-refractivity contribution >= 4 is 29.5 Å². The molecule has 1 amide bonds. The predicted octanol–water partition coefficient (Wildman–Crippen LogP) is 2.20. The molecule has 1 unspecified atom stereocenters. The van der Waals surface area contributed by atoms with Crippen LogP contribution in [0.4, 0.5) is 5.69 Å². The summed E-state index contributed by atoms with van der Waals surface area (Å²) in [6.45, 7) is 4.11. The van der Waals surface area contributed by atoms with Gasteiger partial charge < -0.3 is 26.3 Å². The normalized spacial score (nSPS) is 11.2. The summed E-state index contributed by atoms with van der Waals surface area (Å²) >= 11 is 0. The van der Waals surface area contributed by atoms with Gasteiger partial charge in [0.05, 0.1) is 17.7 Å². The molecule has 9 heteroatoms. The second-order valence-electron chi connectivity index (χ2n) is 7.07. The van der Waals surface area contributed by atoms with Crippen molar-refractivity contribution < 1.29 is 23.9 Å². The molecule has 0 aliphatic rings. The molecule has 0 heterocycles. The smallest absolute Gasteiger partial charge is 0.343 e. The third-order valence-corrected chi connectivity index (χ3v) is 4.35. The molecular weight excluding hydrogens is 412 g/mol. The quantitative estimate of drug-likeness (QED) is 0.169. The molecule has 0 aliphatic carbocycles. The molecule has 9 nitrogen and oxygen atoms in total. The molecule has 2 rings (SSSR count). The van der Waals surface area contributed by atoms with Crippen molar-refractivity contribution in [2.45, 2.75) is 39.2 Å². The lowest BCUT2D eigenvalue weighted by Crippen LogP contribution is -2.36. The number of rotatable bonds is 10. The van der Waals surface area contributed by atoms with Crippen molar-refractivity contribution in [2.24, 2.45) is 16.5 Å². The summed E-state index contributed by atoms with van der Waals surface area (Å²) in [5, 5.41) is 2.72. The van der Waals surface area contributed by atoms with E-state index in [4.69, 9.17) is 20.9 Å². The fourth-order valence-corrected chi connectivity index (χ4v) is 2.65. The van der Waals surface area contributed by atoms with Crippen LogP contribution in [0.3, 0.4) is 0 Å². The third-order valence-electron chi connectivity index (χ3n) is 4.35. The first-order valence-electron chi connectivity index (χ1n) is 10.3. The maximum atomic E-state index is 12.3. The summed E-state index contributed by atoms with van der Waals surface area (Å²) in [5.41, 5.74) is 12.1.